The molecule has 3 aromatic rings. The highest BCUT2D eigenvalue weighted by Gasteiger charge is 2.31. The number of carbonyl (C=O) groups excluding carboxylic acids is 1. The number of esters is 1. The Kier molecular flexibility index (Phi) is 18.0. The zero-order chi connectivity index (χ0) is 40.0. The van der Waals surface area contributed by atoms with E-state index >= 15 is 0 Å². The Hall–Kier alpha value is -3.97. The first-order valence-corrected chi connectivity index (χ1v) is 17.4. The minimum atomic E-state index is -4.56. The Balaban J connectivity index is 0.000000452. The van der Waals surface area contributed by atoms with Gasteiger partial charge in [0, 0.05) is 12.1 Å². The molecule has 23 heteroatoms. The molecule has 0 unspecified atom stereocenters. The van der Waals surface area contributed by atoms with Gasteiger partial charge in [-0.1, -0.05) is 23.2 Å². The third-order valence-electron chi connectivity index (χ3n) is 5.30. The van der Waals surface area contributed by atoms with Crippen LogP contribution in [-0.2, 0) is 25.1 Å². The van der Waals surface area contributed by atoms with Gasteiger partial charge in [-0.25, -0.2) is 9.59 Å². The molecule has 7 N–H and O–H groups in total. The van der Waals surface area contributed by atoms with Crippen molar-refractivity contribution in [2.45, 2.75) is 52.4 Å². The highest BCUT2D eigenvalue weighted by atomic mass is 35.5. The summed E-state index contributed by atoms with van der Waals surface area (Å²) >= 11 is 17.5. The van der Waals surface area contributed by atoms with Crippen LogP contribution in [0.5, 0.6) is 11.5 Å². The molecule has 0 fully saturated rings. The van der Waals surface area contributed by atoms with Crippen molar-refractivity contribution >= 4 is 72.2 Å². The van der Waals surface area contributed by atoms with Crippen LogP contribution in [-0.4, -0.2) is 83.9 Å². The zero-order valence-electron chi connectivity index (χ0n) is 28.0. The summed E-state index contributed by atoms with van der Waals surface area (Å²) in [5.74, 6) is -2.56. The number of carboxylic acid groups (broad SMARTS) is 2. The summed E-state index contributed by atoms with van der Waals surface area (Å²) in [6.07, 6.45) is -6.55. The third kappa shape index (κ3) is 18.5. The van der Waals surface area contributed by atoms with Crippen LogP contribution in [0.3, 0.4) is 0 Å². The molecular weight excluding hydrogens is 787 g/mol. The van der Waals surface area contributed by atoms with E-state index in [1.807, 2.05) is 27.7 Å². The lowest BCUT2D eigenvalue weighted by atomic mass is 10.1. The van der Waals surface area contributed by atoms with Crippen LogP contribution in [0.15, 0.2) is 36.4 Å². The van der Waals surface area contributed by atoms with Crippen LogP contribution < -0.4 is 20.7 Å². The number of anilines is 2. The highest BCUT2D eigenvalue weighted by molar-refractivity contribution is 7.51. The predicted octanol–water partition coefficient (Wildman–Crippen LogP) is 6.40. The van der Waals surface area contributed by atoms with Crippen LogP contribution in [0.4, 0.5) is 25.1 Å². The Morgan fingerprint density at radius 2 is 1.56 bits per heavy atom. The van der Waals surface area contributed by atoms with Crippen LogP contribution in [0.25, 0.3) is 0 Å². The SMILES string of the molecule is CCNc1nc(Cl)nc(NC(C)(C)C)n1.C[C@H](OC(=O)c1cc(Oc2ccc(C(F)(F)F)cc2Cl)ccc1Cl)C(=O)O.O=C(O)CNCP(=O)(O)O. The lowest BCUT2D eigenvalue weighted by Gasteiger charge is -2.20. The van der Waals surface area contributed by atoms with Gasteiger partial charge in [0.15, 0.2) is 6.10 Å². The van der Waals surface area contributed by atoms with Gasteiger partial charge in [0.1, 0.15) is 11.5 Å². The number of carboxylic acids is 2. The fourth-order valence-corrected chi connectivity index (χ4v) is 4.15. The largest absolute Gasteiger partial charge is 0.480 e. The van der Waals surface area contributed by atoms with Gasteiger partial charge < -0.3 is 40.1 Å². The molecule has 0 radical (unpaired) electrons. The second kappa shape index (κ2) is 20.3. The molecule has 1 heterocycles. The first-order valence-electron chi connectivity index (χ1n) is 14.5. The second-order valence-corrected chi connectivity index (χ2v) is 13.9. The number of alkyl halides is 3. The molecule has 0 aliphatic rings. The van der Waals surface area contributed by atoms with Gasteiger partial charge in [0.2, 0.25) is 17.2 Å². The van der Waals surface area contributed by atoms with Crippen LogP contribution in [0.1, 0.15) is 50.5 Å². The van der Waals surface area contributed by atoms with Gasteiger partial charge in [-0.15, -0.1) is 0 Å². The maximum atomic E-state index is 12.7. The summed E-state index contributed by atoms with van der Waals surface area (Å²) < 4.78 is 58.2. The Labute approximate surface area is 310 Å². The number of hydrogen-bond acceptors (Lipinski definition) is 12. The summed E-state index contributed by atoms with van der Waals surface area (Å²) in [5, 5.41) is 24.8. The molecule has 0 spiro atoms. The topological polar surface area (TPSA) is 242 Å². The lowest BCUT2D eigenvalue weighted by Crippen LogP contribution is -2.27. The molecule has 1 aromatic heterocycles. The fourth-order valence-electron chi connectivity index (χ4n) is 3.17. The van der Waals surface area contributed by atoms with Crippen LogP contribution >= 0.6 is 42.4 Å². The van der Waals surface area contributed by atoms with E-state index in [9.17, 15) is 32.1 Å². The van der Waals surface area contributed by atoms with Gasteiger partial charge >= 0.3 is 31.7 Å². The molecule has 0 amide bonds. The maximum Gasteiger partial charge on any atom is 0.416 e. The number of carbonyl (C=O) groups is 3. The van der Waals surface area contributed by atoms with Crippen molar-refractivity contribution in [3.63, 3.8) is 0 Å². The molecule has 2 aromatic carbocycles. The van der Waals surface area contributed by atoms with E-state index in [2.05, 4.69) is 30.9 Å². The molecule has 0 aliphatic carbocycles. The molecular formula is C29H35Cl3F3N6O10P. The Morgan fingerprint density at radius 3 is 2.06 bits per heavy atom. The average molecular weight is 822 g/mol. The number of aliphatic carboxylic acids is 2. The van der Waals surface area contributed by atoms with Crippen LogP contribution in [0, 0.1) is 0 Å². The lowest BCUT2D eigenvalue weighted by molar-refractivity contribution is -0.146. The zero-order valence-corrected chi connectivity index (χ0v) is 31.1. The number of halogens is 6. The molecule has 0 bridgehead atoms. The van der Waals surface area contributed by atoms with Crippen molar-refractivity contribution in [2.75, 3.05) is 30.0 Å². The monoisotopic (exact) mass is 820 g/mol. The summed E-state index contributed by atoms with van der Waals surface area (Å²) in [6.45, 7) is 9.51. The van der Waals surface area contributed by atoms with Gasteiger partial charge in [-0.05, 0) is 82.6 Å². The molecule has 1 atom stereocenters. The average Bonchev–Trinajstić information content (AvgIpc) is 2.97. The quantitative estimate of drug-likeness (QED) is 0.0772. The van der Waals surface area contributed by atoms with Crippen molar-refractivity contribution in [3.8, 4) is 11.5 Å². The molecule has 0 aliphatic heterocycles. The summed E-state index contributed by atoms with van der Waals surface area (Å²) in [5.41, 5.74) is -1.22. The van der Waals surface area contributed by atoms with Crippen LogP contribution in [0.2, 0.25) is 15.3 Å². The third-order valence-corrected chi connectivity index (χ3v) is 6.73. The van der Waals surface area contributed by atoms with Gasteiger partial charge in [0.05, 0.1) is 34.0 Å². The van der Waals surface area contributed by atoms with E-state index < -0.39 is 56.2 Å². The first kappa shape index (κ1) is 46.1. The number of benzene rings is 2. The van der Waals surface area contributed by atoms with E-state index in [4.69, 9.17) is 64.3 Å². The number of nitrogens with zero attached hydrogens (tertiary/aromatic N) is 3. The molecule has 0 saturated heterocycles. The number of hydrogen-bond donors (Lipinski definition) is 7. The van der Waals surface area contributed by atoms with Crippen molar-refractivity contribution in [1.82, 2.24) is 20.3 Å². The molecule has 0 saturated carbocycles. The Bertz CT molecular complexity index is 1750. The van der Waals surface area contributed by atoms with E-state index in [1.54, 1.807) is 0 Å². The smallest absolute Gasteiger partial charge is 0.416 e. The molecule has 3 rings (SSSR count). The van der Waals surface area contributed by atoms with Gasteiger partial charge in [-0.3, -0.25) is 14.7 Å². The normalized spacial score (nSPS) is 11.9. The summed E-state index contributed by atoms with van der Waals surface area (Å²) in [6, 6.07) is 6.33. The molecule has 16 nitrogen and oxygen atoms in total. The van der Waals surface area contributed by atoms with Gasteiger partial charge in [0.25, 0.3) is 0 Å². The molecule has 288 valence electrons. The van der Waals surface area contributed by atoms with Crippen molar-refractivity contribution in [2.24, 2.45) is 0 Å². The highest BCUT2D eigenvalue weighted by Crippen LogP contribution is 2.37. The minimum Gasteiger partial charge on any atom is -0.480 e. The maximum absolute atomic E-state index is 12.7. The summed E-state index contributed by atoms with van der Waals surface area (Å²) in [7, 11) is -4.10. The number of ether oxygens (including phenoxy) is 2. The summed E-state index contributed by atoms with van der Waals surface area (Å²) in [4.78, 5) is 61.1. The number of aromatic nitrogens is 3. The van der Waals surface area contributed by atoms with E-state index in [1.165, 1.54) is 12.1 Å². The Morgan fingerprint density at radius 1 is 0.942 bits per heavy atom. The van der Waals surface area contributed by atoms with Gasteiger partial charge in [-0.2, -0.15) is 28.1 Å². The van der Waals surface area contributed by atoms with Crippen molar-refractivity contribution in [3.05, 3.63) is 62.9 Å². The number of nitrogens with one attached hydrogen (secondary N) is 3. The predicted molar refractivity (Wildman–Crippen MR) is 185 cm³/mol. The molecule has 52 heavy (non-hydrogen) atoms. The second-order valence-electron chi connectivity index (χ2n) is 11.1. The van der Waals surface area contributed by atoms with Crippen molar-refractivity contribution in [1.29, 1.82) is 0 Å². The minimum absolute atomic E-state index is 0.0246. The van der Waals surface area contributed by atoms with Crippen molar-refractivity contribution < 1.29 is 61.6 Å². The van der Waals surface area contributed by atoms with E-state index in [0.717, 1.165) is 31.7 Å². The number of rotatable bonds is 12. The van der Waals surface area contributed by atoms with E-state index in [0.29, 0.717) is 18.0 Å². The van der Waals surface area contributed by atoms with E-state index in [-0.39, 0.29) is 37.9 Å². The first-order chi connectivity index (χ1) is 23.8. The fraction of sp³-hybridized carbons (Fsp3) is 0.379. The standard InChI is InChI=1S/C17H11Cl2F3O5.C9H16ClN5.C3H8NO5P/c1-8(15(23)24)26-16(25)11-7-10(3-4-12(11)18)27-14-5-2-9(6-13(14)19)17(20,21)22;1-5-11-7-12-6(10)13-8(14-7)15-9(2,3)4;5-3(6)1-4-2-10(7,8)9/h2-8H,1H3,(H,23,24);5H2,1-4H3,(H2,11,12,13,14,15);4H,1-2H2,(H,5,6)(H2,7,8,9)/t8-;;/m0../s1.